The molecule has 6 heteroatoms. The van der Waals surface area contributed by atoms with Crippen molar-refractivity contribution in [3.05, 3.63) is 76.2 Å². The third kappa shape index (κ3) is 3.35. The summed E-state index contributed by atoms with van der Waals surface area (Å²) in [6.45, 7) is 1.05. The molecule has 3 aromatic rings. The quantitative estimate of drug-likeness (QED) is 0.692. The molecule has 0 N–H and O–H groups in total. The van der Waals surface area contributed by atoms with Crippen molar-refractivity contribution in [1.29, 1.82) is 0 Å². The Bertz CT molecular complexity index is 935. The van der Waals surface area contributed by atoms with E-state index in [2.05, 4.69) is 5.16 Å². The van der Waals surface area contributed by atoms with Gasteiger partial charge in [0.05, 0.1) is 18.7 Å². The van der Waals surface area contributed by atoms with Crippen LogP contribution in [-0.4, -0.2) is 22.5 Å². The molecule has 1 aromatic heterocycles. The van der Waals surface area contributed by atoms with Crippen molar-refractivity contribution in [2.24, 2.45) is 0 Å². The molecule has 0 saturated heterocycles. The van der Waals surface area contributed by atoms with Gasteiger partial charge in [0.2, 0.25) is 5.91 Å². The van der Waals surface area contributed by atoms with Gasteiger partial charge in [-0.2, -0.15) is 0 Å². The standard InChI is InChI=1S/C20H16ClFN2O2/c21-15-5-3-14(4-6-15)20-17-12-24(10-9-18(17)23-26-20)19(25)11-13-1-7-16(22)8-2-13/h1-8H,9-12H2. The second-order valence-electron chi connectivity index (χ2n) is 6.31. The Morgan fingerprint density at radius 2 is 1.88 bits per heavy atom. The fourth-order valence-electron chi connectivity index (χ4n) is 3.14. The lowest BCUT2D eigenvalue weighted by atomic mass is 10.0. The van der Waals surface area contributed by atoms with Gasteiger partial charge >= 0.3 is 0 Å². The van der Waals surface area contributed by atoms with Crippen LogP contribution in [0.4, 0.5) is 4.39 Å². The molecule has 0 atom stereocenters. The summed E-state index contributed by atoms with van der Waals surface area (Å²) in [6.07, 6.45) is 0.902. The summed E-state index contributed by atoms with van der Waals surface area (Å²) < 4.78 is 18.5. The molecular weight excluding hydrogens is 355 g/mol. The number of fused-ring (bicyclic) bond motifs is 1. The van der Waals surface area contributed by atoms with Crippen LogP contribution < -0.4 is 0 Å². The average Bonchev–Trinajstić information content (AvgIpc) is 3.07. The lowest BCUT2D eigenvalue weighted by Crippen LogP contribution is -2.36. The number of hydrogen-bond donors (Lipinski definition) is 0. The summed E-state index contributed by atoms with van der Waals surface area (Å²) in [5.74, 6) is 0.377. The van der Waals surface area contributed by atoms with Crippen LogP contribution in [0.2, 0.25) is 5.02 Å². The zero-order valence-corrected chi connectivity index (χ0v) is 14.7. The first-order valence-corrected chi connectivity index (χ1v) is 8.73. The number of carbonyl (C=O) groups excluding carboxylic acids is 1. The highest BCUT2D eigenvalue weighted by atomic mass is 35.5. The fourth-order valence-corrected chi connectivity index (χ4v) is 3.27. The van der Waals surface area contributed by atoms with E-state index in [1.54, 1.807) is 29.2 Å². The summed E-state index contributed by atoms with van der Waals surface area (Å²) in [5, 5.41) is 4.81. The molecule has 0 unspecified atom stereocenters. The number of aromatic nitrogens is 1. The van der Waals surface area contributed by atoms with E-state index in [-0.39, 0.29) is 18.1 Å². The number of amides is 1. The number of rotatable bonds is 3. The third-order valence-corrected chi connectivity index (χ3v) is 4.82. The van der Waals surface area contributed by atoms with Gasteiger partial charge in [0.25, 0.3) is 0 Å². The maximum absolute atomic E-state index is 13.0. The summed E-state index contributed by atoms with van der Waals surface area (Å²) >= 11 is 5.95. The average molecular weight is 371 g/mol. The molecule has 0 radical (unpaired) electrons. The molecule has 1 aliphatic rings. The zero-order valence-electron chi connectivity index (χ0n) is 13.9. The predicted molar refractivity (Wildman–Crippen MR) is 96.2 cm³/mol. The van der Waals surface area contributed by atoms with E-state index in [0.717, 1.165) is 22.4 Å². The Morgan fingerprint density at radius 1 is 1.15 bits per heavy atom. The molecule has 0 saturated carbocycles. The molecule has 0 aliphatic carbocycles. The Hall–Kier alpha value is -2.66. The largest absolute Gasteiger partial charge is 0.356 e. The van der Waals surface area contributed by atoms with Gasteiger partial charge in [0.1, 0.15) is 5.82 Å². The summed E-state index contributed by atoms with van der Waals surface area (Å²) in [5.41, 5.74) is 3.51. The van der Waals surface area contributed by atoms with Gasteiger partial charge in [-0.05, 0) is 42.0 Å². The van der Waals surface area contributed by atoms with Gasteiger partial charge in [0.15, 0.2) is 5.76 Å². The molecule has 0 bridgehead atoms. The second kappa shape index (κ2) is 6.92. The monoisotopic (exact) mass is 370 g/mol. The molecule has 2 heterocycles. The van der Waals surface area contributed by atoms with Crippen molar-refractivity contribution in [3.8, 4) is 11.3 Å². The van der Waals surface area contributed by atoms with Crippen LogP contribution in [-0.2, 0) is 24.2 Å². The van der Waals surface area contributed by atoms with Crippen LogP contribution in [0.3, 0.4) is 0 Å². The number of hydrogen-bond acceptors (Lipinski definition) is 3. The number of benzene rings is 2. The minimum atomic E-state index is -0.305. The first-order chi connectivity index (χ1) is 12.6. The lowest BCUT2D eigenvalue weighted by molar-refractivity contribution is -0.131. The van der Waals surface area contributed by atoms with Gasteiger partial charge in [0, 0.05) is 29.1 Å². The Morgan fingerprint density at radius 3 is 2.62 bits per heavy atom. The van der Waals surface area contributed by atoms with Crippen LogP contribution in [0.15, 0.2) is 53.1 Å². The van der Waals surface area contributed by atoms with Gasteiger partial charge in [-0.15, -0.1) is 0 Å². The van der Waals surface area contributed by atoms with Crippen molar-refractivity contribution < 1.29 is 13.7 Å². The molecule has 2 aromatic carbocycles. The van der Waals surface area contributed by atoms with Gasteiger partial charge in [-0.25, -0.2) is 4.39 Å². The molecule has 0 fully saturated rings. The summed E-state index contributed by atoms with van der Waals surface area (Å²) in [6, 6.07) is 13.4. The molecule has 1 aliphatic heterocycles. The maximum Gasteiger partial charge on any atom is 0.227 e. The second-order valence-corrected chi connectivity index (χ2v) is 6.75. The minimum Gasteiger partial charge on any atom is -0.356 e. The first-order valence-electron chi connectivity index (χ1n) is 8.36. The van der Waals surface area contributed by atoms with Gasteiger partial charge in [-0.3, -0.25) is 4.79 Å². The van der Waals surface area contributed by atoms with E-state index in [0.29, 0.717) is 30.3 Å². The molecular formula is C20H16ClFN2O2. The molecule has 0 spiro atoms. The Balaban J connectivity index is 1.53. The van der Waals surface area contributed by atoms with Crippen molar-refractivity contribution >= 4 is 17.5 Å². The van der Waals surface area contributed by atoms with Crippen LogP contribution in [0.1, 0.15) is 16.8 Å². The van der Waals surface area contributed by atoms with Gasteiger partial charge in [-0.1, -0.05) is 28.9 Å². The first kappa shape index (κ1) is 16.8. The highest BCUT2D eigenvalue weighted by Gasteiger charge is 2.27. The zero-order chi connectivity index (χ0) is 18.1. The van der Waals surface area contributed by atoms with E-state index in [4.69, 9.17) is 16.1 Å². The summed E-state index contributed by atoms with van der Waals surface area (Å²) in [7, 11) is 0. The van der Waals surface area contributed by atoms with Crippen LogP contribution in [0.5, 0.6) is 0 Å². The molecule has 1 amide bonds. The SMILES string of the molecule is O=C(Cc1ccc(F)cc1)N1CCc2noc(-c3ccc(Cl)cc3)c2C1. The van der Waals surface area contributed by atoms with Crippen LogP contribution in [0, 0.1) is 5.82 Å². The smallest absolute Gasteiger partial charge is 0.227 e. The summed E-state index contributed by atoms with van der Waals surface area (Å²) in [4.78, 5) is 14.4. The molecule has 4 rings (SSSR count). The Kier molecular flexibility index (Phi) is 4.47. The minimum absolute atomic E-state index is 0.00511. The highest BCUT2D eigenvalue weighted by molar-refractivity contribution is 6.30. The van der Waals surface area contributed by atoms with Gasteiger partial charge < -0.3 is 9.42 Å². The van der Waals surface area contributed by atoms with E-state index < -0.39 is 0 Å². The Labute approximate surface area is 155 Å². The number of nitrogens with zero attached hydrogens (tertiary/aromatic N) is 2. The van der Waals surface area contributed by atoms with Crippen molar-refractivity contribution in [2.45, 2.75) is 19.4 Å². The fraction of sp³-hybridized carbons (Fsp3) is 0.200. The van der Waals surface area contributed by atoms with E-state index >= 15 is 0 Å². The van der Waals surface area contributed by atoms with Crippen LogP contribution in [0.25, 0.3) is 11.3 Å². The maximum atomic E-state index is 13.0. The molecule has 132 valence electrons. The highest BCUT2D eigenvalue weighted by Crippen LogP contribution is 2.31. The van der Waals surface area contributed by atoms with Crippen molar-refractivity contribution in [3.63, 3.8) is 0 Å². The third-order valence-electron chi connectivity index (χ3n) is 4.56. The van der Waals surface area contributed by atoms with E-state index in [1.165, 1.54) is 12.1 Å². The van der Waals surface area contributed by atoms with E-state index in [9.17, 15) is 9.18 Å². The predicted octanol–water partition coefficient (Wildman–Crippen LogP) is 4.26. The molecule has 26 heavy (non-hydrogen) atoms. The topological polar surface area (TPSA) is 46.3 Å². The number of carbonyl (C=O) groups is 1. The van der Waals surface area contributed by atoms with Crippen molar-refractivity contribution in [2.75, 3.05) is 6.54 Å². The van der Waals surface area contributed by atoms with Crippen molar-refractivity contribution in [1.82, 2.24) is 10.1 Å². The lowest BCUT2D eigenvalue weighted by Gasteiger charge is -2.26. The molecule has 4 nitrogen and oxygen atoms in total. The van der Waals surface area contributed by atoms with E-state index in [1.807, 2.05) is 12.1 Å². The normalized spacial score (nSPS) is 13.5. The van der Waals surface area contributed by atoms with Crippen LogP contribution >= 0.6 is 11.6 Å². The number of halogens is 2.